The first-order valence-corrected chi connectivity index (χ1v) is 5.80. The fourth-order valence-electron chi connectivity index (χ4n) is 1.26. The average Bonchev–Trinajstić information content (AvgIpc) is 2.31. The minimum Gasteiger partial charge on any atom is -0.380 e. The Bertz CT molecular complexity index is 398. The van der Waals surface area contributed by atoms with E-state index in [1.54, 1.807) is 18.2 Å². The van der Waals surface area contributed by atoms with E-state index in [1.165, 1.54) is 7.11 Å². The molecule has 0 bridgehead atoms. The van der Waals surface area contributed by atoms with Crippen molar-refractivity contribution in [3.8, 4) is 0 Å². The monoisotopic (exact) mass is 312 g/mol. The number of rotatable bonds is 5. The molecule has 0 aromatic heterocycles. The predicted molar refractivity (Wildman–Crippen MR) is 76.8 cm³/mol. The highest BCUT2D eigenvalue weighted by molar-refractivity contribution is 6.42. The van der Waals surface area contributed by atoms with Crippen molar-refractivity contribution in [3.63, 3.8) is 0 Å². The Kier molecular flexibility index (Phi) is 8.31. The lowest BCUT2D eigenvalue weighted by Gasteiger charge is -2.12. The van der Waals surface area contributed by atoms with Gasteiger partial charge in [-0.1, -0.05) is 23.2 Å². The molecule has 0 spiro atoms. The number of amides is 1. The molecule has 0 aliphatic rings. The zero-order valence-corrected chi connectivity index (χ0v) is 12.1. The van der Waals surface area contributed by atoms with Crippen LogP contribution in [0.15, 0.2) is 18.2 Å². The van der Waals surface area contributed by atoms with Gasteiger partial charge in [0.2, 0.25) is 5.91 Å². The van der Waals surface area contributed by atoms with Crippen LogP contribution in [0.4, 0.5) is 5.69 Å². The Morgan fingerprint density at radius 3 is 2.61 bits per heavy atom. The van der Waals surface area contributed by atoms with E-state index in [4.69, 9.17) is 33.7 Å². The molecule has 0 aliphatic heterocycles. The van der Waals surface area contributed by atoms with Crippen LogP contribution in [-0.2, 0) is 9.53 Å². The van der Waals surface area contributed by atoms with Crippen molar-refractivity contribution in [2.45, 2.75) is 12.5 Å². The van der Waals surface area contributed by atoms with E-state index < -0.39 is 0 Å². The number of carbonyl (C=O) groups excluding carboxylic acids is 1. The van der Waals surface area contributed by atoms with Crippen molar-refractivity contribution in [1.82, 2.24) is 0 Å². The SMILES string of the molecule is COC(CN)CC(=O)Nc1ccc(Cl)c(Cl)c1.Cl. The van der Waals surface area contributed by atoms with Gasteiger partial charge in [-0.05, 0) is 18.2 Å². The summed E-state index contributed by atoms with van der Waals surface area (Å²) >= 11 is 11.6. The van der Waals surface area contributed by atoms with Crippen LogP contribution in [0, 0.1) is 0 Å². The van der Waals surface area contributed by atoms with Crippen molar-refractivity contribution in [2.24, 2.45) is 5.73 Å². The van der Waals surface area contributed by atoms with Crippen molar-refractivity contribution in [2.75, 3.05) is 19.0 Å². The minimum atomic E-state index is -0.280. The molecule has 1 amide bonds. The number of nitrogens with one attached hydrogen (secondary N) is 1. The van der Waals surface area contributed by atoms with Gasteiger partial charge >= 0.3 is 0 Å². The Morgan fingerprint density at radius 2 is 2.11 bits per heavy atom. The second-order valence-corrected chi connectivity index (χ2v) is 4.29. The maximum atomic E-state index is 11.6. The third kappa shape index (κ3) is 5.42. The highest BCUT2D eigenvalue weighted by Crippen LogP contribution is 2.25. The van der Waals surface area contributed by atoms with E-state index in [1.807, 2.05) is 0 Å². The molecular weight excluding hydrogens is 298 g/mol. The summed E-state index contributed by atoms with van der Waals surface area (Å²) in [6.07, 6.45) is -0.0782. The second-order valence-electron chi connectivity index (χ2n) is 3.47. The van der Waals surface area contributed by atoms with Crippen LogP contribution in [0.5, 0.6) is 0 Å². The third-order valence-electron chi connectivity index (χ3n) is 2.21. The summed E-state index contributed by atoms with van der Waals surface area (Å²) in [5.74, 6) is -0.180. The van der Waals surface area contributed by atoms with Crippen LogP contribution in [0.1, 0.15) is 6.42 Å². The largest absolute Gasteiger partial charge is 0.380 e. The molecule has 0 saturated carbocycles. The van der Waals surface area contributed by atoms with Gasteiger partial charge in [-0.3, -0.25) is 4.79 Å². The van der Waals surface area contributed by atoms with Crippen LogP contribution in [-0.4, -0.2) is 25.7 Å². The Morgan fingerprint density at radius 1 is 1.44 bits per heavy atom. The van der Waals surface area contributed by atoms with Crippen molar-refractivity contribution in [1.29, 1.82) is 0 Å². The number of methoxy groups -OCH3 is 1. The average molecular weight is 314 g/mol. The highest BCUT2D eigenvalue weighted by Gasteiger charge is 2.11. The lowest BCUT2D eigenvalue weighted by Crippen LogP contribution is -2.28. The molecule has 7 heteroatoms. The summed E-state index contributed by atoms with van der Waals surface area (Å²) in [6.45, 7) is 0.297. The maximum absolute atomic E-state index is 11.6. The third-order valence-corrected chi connectivity index (χ3v) is 2.95. The number of nitrogens with two attached hydrogens (primary N) is 1. The van der Waals surface area contributed by atoms with Gasteiger partial charge in [-0.2, -0.15) is 0 Å². The summed E-state index contributed by atoms with van der Waals surface area (Å²) in [7, 11) is 1.52. The second kappa shape index (κ2) is 8.56. The van der Waals surface area contributed by atoms with E-state index in [0.29, 0.717) is 22.3 Å². The summed E-state index contributed by atoms with van der Waals surface area (Å²) in [4.78, 5) is 11.6. The van der Waals surface area contributed by atoms with Crippen LogP contribution >= 0.6 is 35.6 Å². The molecule has 1 aromatic rings. The van der Waals surface area contributed by atoms with Crippen molar-refractivity contribution >= 4 is 47.2 Å². The molecule has 18 heavy (non-hydrogen) atoms. The van der Waals surface area contributed by atoms with Gasteiger partial charge in [0.15, 0.2) is 0 Å². The summed E-state index contributed by atoms with van der Waals surface area (Å²) in [6, 6.07) is 4.89. The van der Waals surface area contributed by atoms with Gasteiger partial charge < -0.3 is 15.8 Å². The maximum Gasteiger partial charge on any atom is 0.227 e. The fourth-order valence-corrected chi connectivity index (χ4v) is 1.55. The predicted octanol–water partition coefficient (Wildman–Crippen LogP) is 2.72. The number of carbonyl (C=O) groups is 1. The highest BCUT2D eigenvalue weighted by atomic mass is 35.5. The van der Waals surface area contributed by atoms with Gasteiger partial charge in [-0.25, -0.2) is 0 Å². The smallest absolute Gasteiger partial charge is 0.227 e. The van der Waals surface area contributed by atoms with Crippen LogP contribution < -0.4 is 11.1 Å². The van der Waals surface area contributed by atoms with Gasteiger partial charge in [0, 0.05) is 19.3 Å². The quantitative estimate of drug-likeness (QED) is 0.878. The first kappa shape index (κ1) is 17.5. The van der Waals surface area contributed by atoms with Crippen molar-refractivity contribution < 1.29 is 9.53 Å². The van der Waals surface area contributed by atoms with Gasteiger partial charge in [-0.15, -0.1) is 12.4 Å². The molecule has 0 radical (unpaired) electrons. The molecule has 4 nitrogen and oxygen atoms in total. The Hall–Kier alpha value is -0.520. The number of ether oxygens (including phenoxy) is 1. The lowest BCUT2D eigenvalue weighted by atomic mass is 10.2. The standard InChI is InChI=1S/C11H14Cl2N2O2.ClH/c1-17-8(6-14)5-11(16)15-7-2-3-9(12)10(13)4-7;/h2-4,8H,5-6,14H2,1H3,(H,15,16);1H. The van der Waals surface area contributed by atoms with E-state index in [2.05, 4.69) is 5.32 Å². The van der Waals surface area contributed by atoms with Crippen molar-refractivity contribution in [3.05, 3.63) is 28.2 Å². The Balaban J connectivity index is 0.00000289. The molecule has 3 N–H and O–H groups in total. The summed E-state index contributed by atoms with van der Waals surface area (Å²) < 4.78 is 5.02. The number of hydrogen-bond acceptors (Lipinski definition) is 3. The molecule has 0 aliphatic carbocycles. The Labute approximate surface area is 122 Å². The molecule has 0 heterocycles. The molecule has 1 atom stereocenters. The fraction of sp³-hybridized carbons (Fsp3) is 0.364. The molecule has 0 fully saturated rings. The van der Waals surface area contributed by atoms with E-state index in [9.17, 15) is 4.79 Å². The van der Waals surface area contributed by atoms with E-state index in [0.717, 1.165) is 0 Å². The lowest BCUT2D eigenvalue weighted by molar-refractivity contribution is -0.118. The van der Waals surface area contributed by atoms with Crippen LogP contribution in [0.25, 0.3) is 0 Å². The zero-order chi connectivity index (χ0) is 12.8. The first-order chi connectivity index (χ1) is 8.06. The molecule has 0 saturated heterocycles. The minimum absolute atomic E-state index is 0. The van der Waals surface area contributed by atoms with Gasteiger partial charge in [0.1, 0.15) is 0 Å². The zero-order valence-electron chi connectivity index (χ0n) is 9.78. The van der Waals surface area contributed by atoms with Crippen LogP contribution in [0.2, 0.25) is 10.0 Å². The molecule has 1 aromatic carbocycles. The first-order valence-electron chi connectivity index (χ1n) is 5.04. The number of halogens is 3. The number of hydrogen-bond donors (Lipinski definition) is 2. The normalized spacial score (nSPS) is 11.6. The summed E-state index contributed by atoms with van der Waals surface area (Å²) in [5.41, 5.74) is 6.02. The molecule has 1 unspecified atom stereocenters. The van der Waals surface area contributed by atoms with Gasteiger partial charge in [0.05, 0.1) is 22.6 Å². The molecule has 1 rings (SSSR count). The summed E-state index contributed by atoms with van der Waals surface area (Å²) in [5, 5.41) is 3.53. The van der Waals surface area contributed by atoms with E-state index >= 15 is 0 Å². The number of anilines is 1. The molecule has 102 valence electrons. The topological polar surface area (TPSA) is 64.3 Å². The van der Waals surface area contributed by atoms with Gasteiger partial charge in [0.25, 0.3) is 0 Å². The number of benzene rings is 1. The van der Waals surface area contributed by atoms with Crippen LogP contribution in [0.3, 0.4) is 0 Å². The molecular formula is C11H15Cl3N2O2. The van der Waals surface area contributed by atoms with E-state index in [-0.39, 0.29) is 30.8 Å².